The predicted octanol–water partition coefficient (Wildman–Crippen LogP) is 2.79. The number of nitrogens with zero attached hydrogens (tertiary/aromatic N) is 3. The zero-order valence-electron chi connectivity index (χ0n) is 11.2. The maximum Gasteiger partial charge on any atom is 0.358 e. The highest BCUT2D eigenvalue weighted by molar-refractivity contribution is 7.99. The molecule has 2 aromatic rings. The lowest BCUT2D eigenvalue weighted by molar-refractivity contribution is 0.0689. The molecule has 0 unspecified atom stereocenters. The molecule has 1 fully saturated rings. The molecule has 0 saturated heterocycles. The summed E-state index contributed by atoms with van der Waals surface area (Å²) in [4.78, 5) is 11.7. The quantitative estimate of drug-likeness (QED) is 0.831. The second kappa shape index (κ2) is 5.85. The fourth-order valence-corrected chi connectivity index (χ4v) is 3.07. The van der Waals surface area contributed by atoms with E-state index in [9.17, 15) is 9.18 Å². The summed E-state index contributed by atoms with van der Waals surface area (Å²) in [7, 11) is 0. The van der Waals surface area contributed by atoms with Gasteiger partial charge in [-0.15, -0.1) is 16.9 Å². The minimum absolute atomic E-state index is 0.0494. The molecule has 1 saturated carbocycles. The van der Waals surface area contributed by atoms with Crippen molar-refractivity contribution in [2.24, 2.45) is 0 Å². The van der Waals surface area contributed by atoms with Gasteiger partial charge in [-0.1, -0.05) is 17.3 Å². The molecule has 1 aliphatic carbocycles. The Hall–Kier alpha value is -1.89. The highest BCUT2D eigenvalue weighted by atomic mass is 32.2. The Morgan fingerprint density at radius 1 is 1.43 bits per heavy atom. The van der Waals surface area contributed by atoms with Crippen molar-refractivity contribution in [3.63, 3.8) is 0 Å². The lowest BCUT2D eigenvalue weighted by Crippen LogP contribution is -2.09. The zero-order chi connectivity index (χ0) is 14.8. The second-order valence-corrected chi connectivity index (χ2v) is 6.04. The molecule has 1 heterocycles. The Morgan fingerprint density at radius 2 is 2.19 bits per heavy atom. The van der Waals surface area contributed by atoms with Crippen LogP contribution in [0.15, 0.2) is 29.2 Å². The summed E-state index contributed by atoms with van der Waals surface area (Å²) in [5.41, 5.74) is 0.755. The van der Waals surface area contributed by atoms with Crippen molar-refractivity contribution in [1.82, 2.24) is 15.0 Å². The molecule has 110 valence electrons. The van der Waals surface area contributed by atoms with E-state index < -0.39 is 5.97 Å². The summed E-state index contributed by atoms with van der Waals surface area (Å²) in [6.07, 6.45) is 1.96. The van der Waals surface area contributed by atoms with Crippen molar-refractivity contribution < 1.29 is 14.3 Å². The molecule has 3 rings (SSSR count). The normalized spacial score (nSPS) is 14.3. The van der Waals surface area contributed by atoms with Gasteiger partial charge >= 0.3 is 5.97 Å². The van der Waals surface area contributed by atoms with Gasteiger partial charge in [-0.2, -0.15) is 0 Å². The number of rotatable bonds is 6. The van der Waals surface area contributed by atoms with E-state index in [1.165, 1.54) is 17.8 Å². The minimum Gasteiger partial charge on any atom is -0.476 e. The number of aryl methyl sites for hydroxylation is 1. The topological polar surface area (TPSA) is 68.0 Å². The van der Waals surface area contributed by atoms with E-state index in [1.54, 1.807) is 22.9 Å². The fraction of sp³-hybridized carbons (Fsp3) is 0.357. The first-order valence-corrected chi connectivity index (χ1v) is 7.69. The Labute approximate surface area is 125 Å². The van der Waals surface area contributed by atoms with Gasteiger partial charge in [-0.25, -0.2) is 13.9 Å². The van der Waals surface area contributed by atoms with Crippen LogP contribution in [0.4, 0.5) is 4.39 Å². The molecule has 1 aromatic carbocycles. The number of aromatic nitrogens is 3. The summed E-state index contributed by atoms with van der Waals surface area (Å²) in [6.45, 7) is 0.519. The van der Waals surface area contributed by atoms with E-state index in [2.05, 4.69) is 10.3 Å². The van der Waals surface area contributed by atoms with E-state index in [0.717, 1.165) is 12.8 Å². The largest absolute Gasteiger partial charge is 0.476 e. The summed E-state index contributed by atoms with van der Waals surface area (Å²) < 4.78 is 15.2. The highest BCUT2D eigenvalue weighted by Gasteiger charge is 2.33. The van der Waals surface area contributed by atoms with E-state index in [0.29, 0.717) is 22.9 Å². The average Bonchev–Trinajstić information content (AvgIpc) is 3.21. The Bertz CT molecular complexity index is 670. The lowest BCUT2D eigenvalue weighted by Gasteiger charge is -2.06. The first-order chi connectivity index (χ1) is 10.2. The molecule has 0 bridgehead atoms. The number of aromatic carboxylic acids is 1. The third kappa shape index (κ3) is 3.07. The van der Waals surface area contributed by atoms with Crippen LogP contribution in [0.5, 0.6) is 0 Å². The number of hydrogen-bond donors (Lipinski definition) is 1. The van der Waals surface area contributed by atoms with Gasteiger partial charge in [0.25, 0.3) is 0 Å². The van der Waals surface area contributed by atoms with Gasteiger partial charge in [0.2, 0.25) is 0 Å². The second-order valence-electron chi connectivity index (χ2n) is 4.90. The van der Waals surface area contributed by atoms with Crippen molar-refractivity contribution in [2.45, 2.75) is 30.2 Å². The number of halogens is 1. The van der Waals surface area contributed by atoms with Crippen molar-refractivity contribution in [3.8, 4) is 0 Å². The van der Waals surface area contributed by atoms with Crippen LogP contribution in [0.1, 0.15) is 34.9 Å². The molecular weight excluding hydrogens is 293 g/mol. The van der Waals surface area contributed by atoms with Crippen molar-refractivity contribution >= 4 is 17.7 Å². The average molecular weight is 307 g/mol. The van der Waals surface area contributed by atoms with Crippen molar-refractivity contribution in [1.29, 1.82) is 0 Å². The van der Waals surface area contributed by atoms with Gasteiger partial charge in [0.1, 0.15) is 5.82 Å². The number of carboxylic acids is 1. The van der Waals surface area contributed by atoms with Gasteiger partial charge in [-0.05, 0) is 25.0 Å². The molecule has 0 atom stereocenters. The summed E-state index contributed by atoms with van der Waals surface area (Å²) in [5.74, 6) is -0.410. The molecule has 0 radical (unpaired) electrons. The summed E-state index contributed by atoms with van der Waals surface area (Å²) in [5, 5.41) is 16.8. The summed E-state index contributed by atoms with van der Waals surface area (Å²) in [6, 6.07) is 6.60. The molecule has 0 spiro atoms. The fourth-order valence-electron chi connectivity index (χ4n) is 2.20. The van der Waals surface area contributed by atoms with E-state index >= 15 is 0 Å². The number of thioether (sulfide) groups is 1. The molecule has 1 N–H and O–H groups in total. The predicted molar refractivity (Wildman–Crippen MR) is 76.1 cm³/mol. The third-order valence-corrected chi connectivity index (χ3v) is 4.37. The highest BCUT2D eigenvalue weighted by Crippen LogP contribution is 2.41. The molecular formula is C14H14FN3O2S. The van der Waals surface area contributed by atoms with Gasteiger partial charge in [0, 0.05) is 16.6 Å². The maximum absolute atomic E-state index is 13.5. The number of carboxylic acid groups (broad SMARTS) is 1. The molecule has 1 aromatic heterocycles. The van der Waals surface area contributed by atoms with Gasteiger partial charge in [-0.3, -0.25) is 0 Å². The first-order valence-electron chi connectivity index (χ1n) is 6.71. The Balaban J connectivity index is 1.68. The van der Waals surface area contributed by atoms with Gasteiger partial charge in [0.05, 0.1) is 12.2 Å². The number of carbonyl (C=O) groups is 1. The monoisotopic (exact) mass is 307 g/mol. The maximum atomic E-state index is 13.5. The Kier molecular flexibility index (Phi) is 3.92. The van der Waals surface area contributed by atoms with E-state index in [4.69, 9.17) is 5.11 Å². The van der Waals surface area contributed by atoms with E-state index in [1.807, 2.05) is 0 Å². The minimum atomic E-state index is -1.04. The molecule has 1 aliphatic rings. The Morgan fingerprint density at radius 3 is 2.86 bits per heavy atom. The molecule has 0 amide bonds. The molecule has 21 heavy (non-hydrogen) atoms. The van der Waals surface area contributed by atoms with Crippen LogP contribution in [-0.2, 0) is 6.54 Å². The smallest absolute Gasteiger partial charge is 0.358 e. The molecule has 5 nitrogen and oxygen atoms in total. The van der Waals surface area contributed by atoms with Crippen LogP contribution in [0.2, 0.25) is 0 Å². The summed E-state index contributed by atoms with van der Waals surface area (Å²) >= 11 is 1.39. The van der Waals surface area contributed by atoms with Crippen LogP contribution in [0, 0.1) is 5.82 Å². The van der Waals surface area contributed by atoms with Crippen LogP contribution >= 0.6 is 11.8 Å². The SMILES string of the molecule is O=C(O)c1nnn(CCSc2ccccc2F)c1C1CC1. The van der Waals surface area contributed by atoms with Crippen LogP contribution in [0.3, 0.4) is 0 Å². The van der Waals surface area contributed by atoms with Crippen molar-refractivity contribution in [3.05, 3.63) is 41.5 Å². The van der Waals surface area contributed by atoms with Gasteiger partial charge < -0.3 is 5.11 Å². The molecule has 7 heteroatoms. The third-order valence-electron chi connectivity index (χ3n) is 3.34. The van der Waals surface area contributed by atoms with Crippen LogP contribution < -0.4 is 0 Å². The first kappa shape index (κ1) is 14.1. The standard InChI is InChI=1S/C14H14FN3O2S/c15-10-3-1-2-4-11(10)21-8-7-18-13(9-5-6-9)12(14(19)20)16-17-18/h1-4,9H,5-8H2,(H,19,20). The van der Waals surface area contributed by atoms with Crippen molar-refractivity contribution in [2.75, 3.05) is 5.75 Å². The zero-order valence-corrected chi connectivity index (χ0v) is 12.0. The number of hydrogen-bond acceptors (Lipinski definition) is 4. The van der Waals surface area contributed by atoms with Crippen LogP contribution in [-0.4, -0.2) is 31.8 Å². The van der Waals surface area contributed by atoms with E-state index in [-0.39, 0.29) is 17.4 Å². The molecule has 0 aliphatic heterocycles. The van der Waals surface area contributed by atoms with Gasteiger partial charge in [0.15, 0.2) is 5.69 Å². The lowest BCUT2D eigenvalue weighted by atomic mass is 10.2. The van der Waals surface area contributed by atoms with Crippen LogP contribution in [0.25, 0.3) is 0 Å². The number of benzene rings is 1.